The molecular formula is C25H20Cl2N2O2. The highest BCUT2D eigenvalue weighted by Gasteiger charge is 2.17. The Morgan fingerprint density at radius 2 is 1.65 bits per heavy atom. The van der Waals surface area contributed by atoms with Crippen LogP contribution in [0.15, 0.2) is 65.5 Å². The number of nitrogens with zero attached hydrogens (tertiary/aromatic N) is 1. The van der Waals surface area contributed by atoms with Crippen LogP contribution in [0.5, 0.6) is 5.75 Å². The Kier molecular flexibility index (Phi) is 5.12. The van der Waals surface area contributed by atoms with Crippen molar-refractivity contribution in [3.8, 4) is 28.0 Å². The van der Waals surface area contributed by atoms with Crippen molar-refractivity contribution in [1.29, 1.82) is 0 Å². The van der Waals surface area contributed by atoms with Gasteiger partial charge in [-0.1, -0.05) is 47.5 Å². The van der Waals surface area contributed by atoms with E-state index in [4.69, 9.17) is 23.2 Å². The SMILES string of the molecule is O=c1[nH]c2cc(Cl)c(-c3ccc(N4CCCC4)cc3)cc2c(O)c1-c1cccc(Cl)c1. The van der Waals surface area contributed by atoms with Gasteiger partial charge in [-0.15, -0.1) is 0 Å². The standard InChI is InChI=1S/C25H20Cl2N2O2/c26-17-5-3-4-16(12-17)23-24(30)20-13-19(21(27)14-22(20)28-25(23)31)15-6-8-18(9-7-15)29-10-1-2-11-29/h3-9,12-14H,1-2,10-11H2,(H2,28,30,31). The molecule has 2 heterocycles. The number of nitrogens with one attached hydrogen (secondary N) is 1. The molecule has 6 heteroatoms. The molecular weight excluding hydrogens is 431 g/mol. The van der Waals surface area contributed by atoms with Gasteiger partial charge in [0, 0.05) is 34.7 Å². The Bertz CT molecular complexity index is 1340. The number of anilines is 1. The van der Waals surface area contributed by atoms with E-state index in [9.17, 15) is 9.90 Å². The largest absolute Gasteiger partial charge is 0.506 e. The van der Waals surface area contributed by atoms with E-state index in [0.717, 1.165) is 24.2 Å². The van der Waals surface area contributed by atoms with E-state index in [-0.39, 0.29) is 11.3 Å². The zero-order chi connectivity index (χ0) is 21.5. The minimum absolute atomic E-state index is 0.0902. The number of fused-ring (bicyclic) bond motifs is 1. The third-order valence-corrected chi connectivity index (χ3v) is 6.39. The fourth-order valence-corrected chi connectivity index (χ4v) is 4.72. The van der Waals surface area contributed by atoms with Crippen LogP contribution in [-0.4, -0.2) is 23.2 Å². The summed E-state index contributed by atoms with van der Waals surface area (Å²) in [5, 5.41) is 12.5. The monoisotopic (exact) mass is 450 g/mol. The first-order valence-corrected chi connectivity index (χ1v) is 11.0. The molecule has 2 N–H and O–H groups in total. The Morgan fingerprint density at radius 1 is 0.903 bits per heavy atom. The highest BCUT2D eigenvalue weighted by atomic mass is 35.5. The summed E-state index contributed by atoms with van der Waals surface area (Å²) in [5.41, 5.74) is 3.77. The molecule has 1 aliphatic heterocycles. The summed E-state index contributed by atoms with van der Waals surface area (Å²) >= 11 is 12.6. The van der Waals surface area contributed by atoms with Crippen molar-refractivity contribution in [3.05, 3.63) is 81.1 Å². The van der Waals surface area contributed by atoms with Crippen molar-refractivity contribution in [3.63, 3.8) is 0 Å². The number of rotatable bonds is 3. The summed E-state index contributed by atoms with van der Waals surface area (Å²) in [6.45, 7) is 2.17. The Hall–Kier alpha value is -2.95. The molecule has 0 unspecified atom stereocenters. The number of aromatic hydroxyl groups is 1. The molecule has 1 aromatic heterocycles. The highest BCUT2D eigenvalue weighted by molar-refractivity contribution is 6.34. The number of halogens is 2. The normalized spacial score (nSPS) is 13.8. The average Bonchev–Trinajstić information content (AvgIpc) is 3.29. The summed E-state index contributed by atoms with van der Waals surface area (Å²) in [5.74, 6) is -0.0902. The smallest absolute Gasteiger partial charge is 0.260 e. The summed E-state index contributed by atoms with van der Waals surface area (Å²) in [6.07, 6.45) is 2.45. The predicted molar refractivity (Wildman–Crippen MR) is 129 cm³/mol. The Balaban J connectivity index is 1.63. The number of hydrogen-bond acceptors (Lipinski definition) is 3. The van der Waals surface area contributed by atoms with Gasteiger partial charge in [-0.05, 0) is 60.4 Å². The lowest BCUT2D eigenvalue weighted by Gasteiger charge is -2.18. The minimum atomic E-state index is -0.397. The lowest BCUT2D eigenvalue weighted by atomic mass is 9.99. The second kappa shape index (κ2) is 7.95. The lowest BCUT2D eigenvalue weighted by Crippen LogP contribution is -2.17. The van der Waals surface area contributed by atoms with Crippen molar-refractivity contribution in [1.82, 2.24) is 4.98 Å². The van der Waals surface area contributed by atoms with Crippen LogP contribution >= 0.6 is 23.2 Å². The van der Waals surface area contributed by atoms with Gasteiger partial charge >= 0.3 is 0 Å². The molecule has 5 rings (SSSR count). The molecule has 0 saturated carbocycles. The zero-order valence-electron chi connectivity index (χ0n) is 16.7. The molecule has 156 valence electrons. The Labute approximate surface area is 189 Å². The molecule has 0 bridgehead atoms. The predicted octanol–water partition coefficient (Wildman–Crippen LogP) is 6.47. The van der Waals surface area contributed by atoms with Crippen LogP contribution in [0, 0.1) is 0 Å². The lowest BCUT2D eigenvalue weighted by molar-refractivity contribution is 0.482. The van der Waals surface area contributed by atoms with E-state index >= 15 is 0 Å². The van der Waals surface area contributed by atoms with Gasteiger partial charge in [0.25, 0.3) is 5.56 Å². The van der Waals surface area contributed by atoms with Gasteiger partial charge in [-0.25, -0.2) is 0 Å². The molecule has 0 amide bonds. The van der Waals surface area contributed by atoms with Gasteiger partial charge in [0.05, 0.1) is 16.1 Å². The summed E-state index contributed by atoms with van der Waals surface area (Å²) < 4.78 is 0. The number of H-pyrrole nitrogens is 1. The maximum atomic E-state index is 12.7. The van der Waals surface area contributed by atoms with E-state index in [1.165, 1.54) is 18.5 Å². The summed E-state index contributed by atoms with van der Waals surface area (Å²) in [7, 11) is 0. The topological polar surface area (TPSA) is 56.3 Å². The molecule has 31 heavy (non-hydrogen) atoms. The van der Waals surface area contributed by atoms with Crippen LogP contribution in [-0.2, 0) is 0 Å². The minimum Gasteiger partial charge on any atom is -0.506 e. The van der Waals surface area contributed by atoms with E-state index in [2.05, 4.69) is 22.0 Å². The molecule has 3 aromatic carbocycles. The third kappa shape index (κ3) is 3.67. The molecule has 1 saturated heterocycles. The third-order valence-electron chi connectivity index (χ3n) is 5.84. The molecule has 4 nitrogen and oxygen atoms in total. The van der Waals surface area contributed by atoms with Crippen molar-refractivity contribution in [2.24, 2.45) is 0 Å². The van der Waals surface area contributed by atoms with Crippen molar-refractivity contribution in [2.75, 3.05) is 18.0 Å². The first-order chi connectivity index (χ1) is 15.0. The second-order valence-electron chi connectivity index (χ2n) is 7.81. The number of aromatic amines is 1. The summed E-state index contributed by atoms with van der Waals surface area (Å²) in [4.78, 5) is 17.9. The fourth-order valence-electron chi connectivity index (χ4n) is 4.26. The zero-order valence-corrected chi connectivity index (χ0v) is 18.2. The van der Waals surface area contributed by atoms with Crippen LogP contribution < -0.4 is 10.5 Å². The maximum Gasteiger partial charge on any atom is 0.260 e. The number of pyridine rings is 1. The first kappa shape index (κ1) is 20.0. The Morgan fingerprint density at radius 3 is 2.35 bits per heavy atom. The molecule has 1 fully saturated rings. The molecule has 0 atom stereocenters. The van der Waals surface area contributed by atoms with Gasteiger partial charge in [0.2, 0.25) is 0 Å². The average molecular weight is 451 g/mol. The van der Waals surface area contributed by atoms with Crippen LogP contribution in [0.2, 0.25) is 10.0 Å². The second-order valence-corrected chi connectivity index (χ2v) is 8.65. The van der Waals surface area contributed by atoms with Crippen LogP contribution in [0.3, 0.4) is 0 Å². The van der Waals surface area contributed by atoms with Crippen LogP contribution in [0.4, 0.5) is 5.69 Å². The first-order valence-electron chi connectivity index (χ1n) is 10.2. The van der Waals surface area contributed by atoms with E-state index < -0.39 is 5.56 Å². The van der Waals surface area contributed by atoms with Crippen LogP contribution in [0.25, 0.3) is 33.2 Å². The quantitative estimate of drug-likeness (QED) is 0.375. The van der Waals surface area contributed by atoms with Gasteiger partial charge in [-0.3, -0.25) is 4.79 Å². The van der Waals surface area contributed by atoms with Crippen molar-refractivity contribution in [2.45, 2.75) is 12.8 Å². The van der Waals surface area contributed by atoms with Crippen molar-refractivity contribution < 1.29 is 5.11 Å². The number of aromatic nitrogens is 1. The van der Waals surface area contributed by atoms with E-state index in [1.807, 2.05) is 18.2 Å². The molecule has 0 aliphatic carbocycles. The van der Waals surface area contributed by atoms with Crippen LogP contribution in [0.1, 0.15) is 12.8 Å². The summed E-state index contributed by atoms with van der Waals surface area (Å²) in [6, 6.07) is 18.7. The van der Waals surface area contributed by atoms with Crippen molar-refractivity contribution >= 4 is 39.8 Å². The van der Waals surface area contributed by atoms with E-state index in [1.54, 1.807) is 30.3 Å². The van der Waals surface area contributed by atoms with Gasteiger partial charge in [0.15, 0.2) is 0 Å². The highest BCUT2D eigenvalue weighted by Crippen LogP contribution is 2.38. The van der Waals surface area contributed by atoms with Gasteiger partial charge < -0.3 is 15.0 Å². The van der Waals surface area contributed by atoms with Gasteiger partial charge in [-0.2, -0.15) is 0 Å². The number of benzene rings is 3. The van der Waals surface area contributed by atoms with Gasteiger partial charge in [0.1, 0.15) is 5.75 Å². The molecule has 0 radical (unpaired) electrons. The molecule has 4 aromatic rings. The fraction of sp³-hybridized carbons (Fsp3) is 0.160. The molecule has 0 spiro atoms. The maximum absolute atomic E-state index is 12.7. The van der Waals surface area contributed by atoms with E-state index in [0.29, 0.717) is 26.5 Å². The molecule has 1 aliphatic rings. The number of hydrogen-bond donors (Lipinski definition) is 2.